The van der Waals surface area contributed by atoms with Crippen LogP contribution >= 0.6 is 11.6 Å². The molecule has 0 unspecified atom stereocenters. The minimum atomic E-state index is -0.403. The first-order valence-corrected chi connectivity index (χ1v) is 9.32. The SMILES string of the molecule is CN1CCN(c2ccc(C(=O)Nc3nc(Cl)ccc3C(=O)N(C)C)cn2)CC1. The average Bonchev–Trinajstić information content (AvgIpc) is 2.68. The number of amides is 2. The Kier molecular flexibility index (Phi) is 6.11. The monoisotopic (exact) mass is 402 g/mol. The molecule has 28 heavy (non-hydrogen) atoms. The van der Waals surface area contributed by atoms with Crippen molar-refractivity contribution >= 4 is 35.1 Å². The van der Waals surface area contributed by atoms with Gasteiger partial charge in [0.2, 0.25) is 0 Å². The molecule has 0 spiro atoms. The van der Waals surface area contributed by atoms with Crippen molar-refractivity contribution in [3.63, 3.8) is 0 Å². The molecule has 2 amide bonds. The third-order valence-electron chi connectivity index (χ3n) is 4.57. The standard InChI is InChI=1S/C19H23ClN6O2/c1-24(2)19(28)14-5-6-15(20)22-17(14)23-18(27)13-4-7-16(21-12-13)26-10-8-25(3)9-11-26/h4-7,12H,8-11H2,1-3H3,(H,22,23,27). The number of rotatable bonds is 4. The fraction of sp³-hybridized carbons (Fsp3) is 0.368. The van der Waals surface area contributed by atoms with Gasteiger partial charge in [-0.25, -0.2) is 9.97 Å². The fourth-order valence-electron chi connectivity index (χ4n) is 2.87. The Balaban J connectivity index is 1.75. The quantitative estimate of drug-likeness (QED) is 0.786. The van der Waals surface area contributed by atoms with Crippen LogP contribution < -0.4 is 10.2 Å². The Bertz CT molecular complexity index is 863. The van der Waals surface area contributed by atoms with Gasteiger partial charge in [-0.15, -0.1) is 0 Å². The largest absolute Gasteiger partial charge is 0.354 e. The second-order valence-corrected chi connectivity index (χ2v) is 7.27. The summed E-state index contributed by atoms with van der Waals surface area (Å²) < 4.78 is 0. The van der Waals surface area contributed by atoms with Crippen molar-refractivity contribution in [3.05, 3.63) is 46.7 Å². The van der Waals surface area contributed by atoms with Crippen LogP contribution in [0.5, 0.6) is 0 Å². The molecule has 1 saturated heterocycles. The van der Waals surface area contributed by atoms with E-state index in [9.17, 15) is 9.59 Å². The van der Waals surface area contributed by atoms with Crippen molar-refractivity contribution in [1.82, 2.24) is 19.8 Å². The normalized spacial score (nSPS) is 14.6. The zero-order valence-corrected chi connectivity index (χ0v) is 16.9. The molecule has 0 bridgehead atoms. The Hall–Kier alpha value is -2.71. The van der Waals surface area contributed by atoms with Gasteiger partial charge in [0.15, 0.2) is 0 Å². The van der Waals surface area contributed by atoms with E-state index in [0.29, 0.717) is 5.56 Å². The number of hydrogen-bond acceptors (Lipinski definition) is 6. The molecule has 1 aliphatic heterocycles. The van der Waals surface area contributed by atoms with Crippen LogP contribution in [0.25, 0.3) is 0 Å². The van der Waals surface area contributed by atoms with E-state index in [1.807, 2.05) is 6.07 Å². The lowest BCUT2D eigenvalue weighted by Crippen LogP contribution is -2.44. The molecule has 1 aliphatic rings. The predicted molar refractivity (Wildman–Crippen MR) is 109 cm³/mol. The van der Waals surface area contributed by atoms with Gasteiger partial charge in [-0.05, 0) is 31.3 Å². The molecule has 9 heteroatoms. The maximum atomic E-state index is 12.6. The molecule has 1 fully saturated rings. The van der Waals surface area contributed by atoms with Gasteiger partial charge in [-0.2, -0.15) is 0 Å². The van der Waals surface area contributed by atoms with Crippen LogP contribution in [0.4, 0.5) is 11.6 Å². The van der Waals surface area contributed by atoms with Crippen LogP contribution in [-0.2, 0) is 0 Å². The molecule has 0 atom stereocenters. The number of nitrogens with one attached hydrogen (secondary N) is 1. The number of pyridine rings is 2. The lowest BCUT2D eigenvalue weighted by molar-refractivity contribution is 0.0828. The number of anilines is 2. The van der Waals surface area contributed by atoms with Crippen LogP contribution in [0, 0.1) is 0 Å². The number of carbonyl (C=O) groups is 2. The van der Waals surface area contributed by atoms with Crippen molar-refractivity contribution in [1.29, 1.82) is 0 Å². The molecule has 3 rings (SSSR count). The van der Waals surface area contributed by atoms with Gasteiger partial charge >= 0.3 is 0 Å². The van der Waals surface area contributed by atoms with E-state index in [1.54, 1.807) is 26.2 Å². The van der Waals surface area contributed by atoms with Crippen LogP contribution in [0.3, 0.4) is 0 Å². The second-order valence-electron chi connectivity index (χ2n) is 6.88. The van der Waals surface area contributed by atoms with Crippen molar-refractivity contribution < 1.29 is 9.59 Å². The van der Waals surface area contributed by atoms with Gasteiger partial charge in [0.1, 0.15) is 16.8 Å². The molecule has 2 aromatic heterocycles. The predicted octanol–water partition coefficient (Wildman–Crippen LogP) is 1.84. The molecule has 1 N–H and O–H groups in total. The maximum absolute atomic E-state index is 12.6. The minimum absolute atomic E-state index is 0.124. The number of nitrogens with zero attached hydrogens (tertiary/aromatic N) is 5. The Morgan fingerprint density at radius 3 is 2.43 bits per heavy atom. The smallest absolute Gasteiger partial charge is 0.258 e. The number of piperazine rings is 1. The molecular weight excluding hydrogens is 380 g/mol. The van der Waals surface area contributed by atoms with Crippen molar-refractivity contribution in [2.45, 2.75) is 0 Å². The van der Waals surface area contributed by atoms with Crippen LogP contribution in [0.2, 0.25) is 5.15 Å². The van der Waals surface area contributed by atoms with Gasteiger partial charge < -0.3 is 20.0 Å². The van der Waals surface area contributed by atoms with Crippen LogP contribution in [0.1, 0.15) is 20.7 Å². The van der Waals surface area contributed by atoms with E-state index < -0.39 is 5.91 Å². The summed E-state index contributed by atoms with van der Waals surface area (Å²) in [6.07, 6.45) is 1.53. The van der Waals surface area contributed by atoms with E-state index in [0.717, 1.165) is 32.0 Å². The number of carbonyl (C=O) groups excluding carboxylic acids is 2. The highest BCUT2D eigenvalue weighted by molar-refractivity contribution is 6.29. The summed E-state index contributed by atoms with van der Waals surface area (Å²) >= 11 is 5.94. The zero-order chi connectivity index (χ0) is 20.3. The second kappa shape index (κ2) is 8.53. The maximum Gasteiger partial charge on any atom is 0.258 e. The average molecular weight is 403 g/mol. The van der Waals surface area contributed by atoms with Gasteiger partial charge in [0, 0.05) is 46.5 Å². The van der Waals surface area contributed by atoms with Crippen molar-refractivity contribution in [2.75, 3.05) is 57.5 Å². The first-order valence-electron chi connectivity index (χ1n) is 8.94. The topological polar surface area (TPSA) is 81.7 Å². The summed E-state index contributed by atoms with van der Waals surface area (Å²) in [5, 5.41) is 2.85. The molecule has 148 valence electrons. The molecule has 3 heterocycles. The lowest BCUT2D eigenvalue weighted by atomic mass is 10.2. The molecule has 0 radical (unpaired) electrons. The molecular formula is C19H23ClN6O2. The third kappa shape index (κ3) is 4.58. The van der Waals surface area contributed by atoms with Gasteiger partial charge in [0.05, 0.1) is 11.1 Å². The van der Waals surface area contributed by atoms with Gasteiger partial charge in [-0.3, -0.25) is 9.59 Å². The number of aromatic nitrogens is 2. The Morgan fingerprint density at radius 2 is 1.82 bits per heavy atom. The highest BCUT2D eigenvalue weighted by atomic mass is 35.5. The molecule has 0 saturated carbocycles. The van der Waals surface area contributed by atoms with E-state index in [1.165, 1.54) is 17.2 Å². The van der Waals surface area contributed by atoms with Gasteiger partial charge in [-0.1, -0.05) is 11.6 Å². The van der Waals surface area contributed by atoms with Crippen molar-refractivity contribution in [2.24, 2.45) is 0 Å². The first-order chi connectivity index (χ1) is 13.3. The summed E-state index contributed by atoms with van der Waals surface area (Å²) in [5.74, 6) is 0.288. The Labute approximate surface area is 169 Å². The summed E-state index contributed by atoms with van der Waals surface area (Å²) in [4.78, 5) is 39.3. The van der Waals surface area contributed by atoms with Crippen molar-refractivity contribution in [3.8, 4) is 0 Å². The number of halogens is 1. The summed E-state index contributed by atoms with van der Waals surface area (Å²) in [5.41, 5.74) is 0.646. The zero-order valence-electron chi connectivity index (χ0n) is 16.1. The summed E-state index contributed by atoms with van der Waals surface area (Å²) in [6.45, 7) is 3.76. The van der Waals surface area contributed by atoms with E-state index in [-0.39, 0.29) is 22.4 Å². The van der Waals surface area contributed by atoms with Gasteiger partial charge in [0.25, 0.3) is 11.8 Å². The molecule has 0 aliphatic carbocycles. The first kappa shape index (κ1) is 20.0. The third-order valence-corrected chi connectivity index (χ3v) is 4.78. The van der Waals surface area contributed by atoms with Crippen LogP contribution in [0.15, 0.2) is 30.5 Å². The minimum Gasteiger partial charge on any atom is -0.354 e. The van der Waals surface area contributed by atoms with Crippen LogP contribution in [-0.4, -0.2) is 78.9 Å². The van der Waals surface area contributed by atoms with E-state index in [4.69, 9.17) is 11.6 Å². The molecule has 8 nitrogen and oxygen atoms in total. The lowest BCUT2D eigenvalue weighted by Gasteiger charge is -2.33. The van der Waals surface area contributed by atoms with E-state index in [2.05, 4.69) is 32.1 Å². The highest BCUT2D eigenvalue weighted by Gasteiger charge is 2.19. The number of hydrogen-bond donors (Lipinski definition) is 1. The summed E-state index contributed by atoms with van der Waals surface area (Å²) in [7, 11) is 5.35. The highest BCUT2D eigenvalue weighted by Crippen LogP contribution is 2.19. The number of likely N-dealkylation sites (N-methyl/N-ethyl adjacent to an activating group) is 1. The van der Waals surface area contributed by atoms with E-state index >= 15 is 0 Å². The fourth-order valence-corrected chi connectivity index (χ4v) is 3.01. The summed E-state index contributed by atoms with van der Waals surface area (Å²) in [6, 6.07) is 6.60. The Morgan fingerprint density at radius 1 is 1.11 bits per heavy atom. The molecule has 2 aromatic rings. The molecule has 0 aromatic carbocycles.